The predicted octanol–water partition coefficient (Wildman–Crippen LogP) is 5.18. The van der Waals surface area contributed by atoms with Crippen LogP contribution >= 0.6 is 0 Å². The molecular formula is C19H22FN. The first-order valence-corrected chi connectivity index (χ1v) is 7.46. The van der Waals surface area contributed by atoms with E-state index in [2.05, 4.69) is 18.7 Å². The Hall–Kier alpha value is -2.09. The highest BCUT2D eigenvalue weighted by Crippen LogP contribution is 2.38. The fraction of sp³-hybridized carbons (Fsp3) is 0.263. The SMILES string of the molecule is C=C1CC(c2ccc(N)c(F)c2)Cc2ccccc21.CC. The van der Waals surface area contributed by atoms with Crippen LogP contribution in [-0.2, 0) is 6.42 Å². The molecule has 0 fully saturated rings. The minimum Gasteiger partial charge on any atom is -0.396 e. The Morgan fingerprint density at radius 1 is 1.10 bits per heavy atom. The van der Waals surface area contributed by atoms with E-state index in [0.717, 1.165) is 24.0 Å². The van der Waals surface area contributed by atoms with Gasteiger partial charge in [0, 0.05) is 0 Å². The van der Waals surface area contributed by atoms with Gasteiger partial charge in [0.15, 0.2) is 0 Å². The quantitative estimate of drug-likeness (QED) is 0.717. The molecule has 0 aliphatic heterocycles. The maximum Gasteiger partial charge on any atom is 0.146 e. The number of rotatable bonds is 1. The maximum atomic E-state index is 13.6. The van der Waals surface area contributed by atoms with Crippen LogP contribution in [0, 0.1) is 5.82 Å². The molecule has 0 bridgehead atoms. The molecule has 1 unspecified atom stereocenters. The second-order valence-electron chi connectivity index (χ2n) is 5.15. The third-order valence-electron chi connectivity index (χ3n) is 3.85. The Bertz CT molecular complexity index is 646. The summed E-state index contributed by atoms with van der Waals surface area (Å²) in [6.45, 7) is 8.15. The van der Waals surface area contributed by atoms with Gasteiger partial charge in [0.2, 0.25) is 0 Å². The molecule has 1 aliphatic rings. The van der Waals surface area contributed by atoms with Crippen molar-refractivity contribution in [1.82, 2.24) is 0 Å². The Kier molecular flexibility index (Phi) is 4.79. The van der Waals surface area contributed by atoms with Gasteiger partial charge in [0.1, 0.15) is 5.82 Å². The van der Waals surface area contributed by atoms with Gasteiger partial charge in [-0.05, 0) is 53.2 Å². The second-order valence-corrected chi connectivity index (χ2v) is 5.15. The van der Waals surface area contributed by atoms with Crippen molar-refractivity contribution < 1.29 is 4.39 Å². The number of fused-ring (bicyclic) bond motifs is 1. The molecule has 2 aromatic carbocycles. The van der Waals surface area contributed by atoms with Crippen molar-refractivity contribution in [3.05, 3.63) is 71.6 Å². The molecule has 1 atom stereocenters. The molecule has 0 saturated heterocycles. The molecule has 0 amide bonds. The van der Waals surface area contributed by atoms with Crippen LogP contribution in [0.5, 0.6) is 0 Å². The first-order chi connectivity index (χ1) is 10.1. The summed E-state index contributed by atoms with van der Waals surface area (Å²) in [5.74, 6) is -0.0422. The second kappa shape index (κ2) is 6.57. The molecule has 0 spiro atoms. The van der Waals surface area contributed by atoms with Crippen molar-refractivity contribution in [2.24, 2.45) is 0 Å². The number of allylic oxidation sites excluding steroid dienone is 1. The molecule has 2 N–H and O–H groups in total. The number of benzene rings is 2. The van der Waals surface area contributed by atoms with Crippen molar-refractivity contribution in [1.29, 1.82) is 0 Å². The largest absolute Gasteiger partial charge is 0.396 e. The molecular weight excluding hydrogens is 261 g/mol. The summed E-state index contributed by atoms with van der Waals surface area (Å²) in [6, 6.07) is 13.4. The molecule has 2 heteroatoms. The average Bonchev–Trinajstić information content (AvgIpc) is 2.52. The van der Waals surface area contributed by atoms with E-state index in [0.29, 0.717) is 0 Å². The normalized spacial score (nSPS) is 16.7. The van der Waals surface area contributed by atoms with Gasteiger partial charge in [-0.3, -0.25) is 0 Å². The van der Waals surface area contributed by atoms with E-state index in [1.165, 1.54) is 11.1 Å². The van der Waals surface area contributed by atoms with Crippen LogP contribution in [0.1, 0.15) is 42.9 Å². The van der Waals surface area contributed by atoms with E-state index in [4.69, 9.17) is 5.73 Å². The lowest BCUT2D eigenvalue weighted by atomic mass is 9.78. The molecule has 21 heavy (non-hydrogen) atoms. The maximum absolute atomic E-state index is 13.6. The Balaban J connectivity index is 0.000000774. The standard InChI is InChI=1S/C17H16FN.C2H6/c1-11-8-14(9-13-4-2-3-5-15(11)13)12-6-7-17(19)16(18)10-12;1-2/h2-7,10,14H,1,8-9,19H2;1-2H3. The van der Waals surface area contributed by atoms with Gasteiger partial charge in [0.05, 0.1) is 5.69 Å². The van der Waals surface area contributed by atoms with Crippen LogP contribution in [0.25, 0.3) is 5.57 Å². The lowest BCUT2D eigenvalue weighted by molar-refractivity contribution is 0.619. The van der Waals surface area contributed by atoms with Gasteiger partial charge in [-0.25, -0.2) is 4.39 Å². The Labute approximate surface area is 126 Å². The highest BCUT2D eigenvalue weighted by Gasteiger charge is 2.22. The van der Waals surface area contributed by atoms with Crippen molar-refractivity contribution in [3.63, 3.8) is 0 Å². The van der Waals surface area contributed by atoms with Gasteiger partial charge < -0.3 is 5.73 Å². The van der Waals surface area contributed by atoms with Gasteiger partial charge in [-0.15, -0.1) is 0 Å². The van der Waals surface area contributed by atoms with E-state index >= 15 is 0 Å². The molecule has 0 aromatic heterocycles. The lowest BCUT2D eigenvalue weighted by Crippen LogP contribution is -2.12. The molecule has 3 rings (SSSR count). The number of nitrogen functional groups attached to an aromatic ring is 1. The third-order valence-corrected chi connectivity index (χ3v) is 3.85. The summed E-state index contributed by atoms with van der Waals surface area (Å²) in [6.07, 6.45) is 1.80. The fourth-order valence-electron chi connectivity index (χ4n) is 2.82. The molecule has 2 aromatic rings. The Morgan fingerprint density at radius 3 is 2.52 bits per heavy atom. The number of nitrogens with two attached hydrogens (primary N) is 1. The van der Waals surface area contributed by atoms with Crippen LogP contribution in [0.2, 0.25) is 0 Å². The van der Waals surface area contributed by atoms with E-state index in [1.54, 1.807) is 12.1 Å². The summed E-state index contributed by atoms with van der Waals surface area (Å²) in [5, 5.41) is 0. The van der Waals surface area contributed by atoms with Gasteiger partial charge in [-0.1, -0.05) is 50.8 Å². The summed E-state index contributed by atoms with van der Waals surface area (Å²) in [7, 11) is 0. The van der Waals surface area contributed by atoms with Crippen LogP contribution < -0.4 is 5.73 Å². The monoisotopic (exact) mass is 283 g/mol. The summed E-state index contributed by atoms with van der Waals surface area (Å²) < 4.78 is 13.6. The van der Waals surface area contributed by atoms with Gasteiger partial charge >= 0.3 is 0 Å². The number of hydrogen-bond acceptors (Lipinski definition) is 1. The topological polar surface area (TPSA) is 26.0 Å². The number of anilines is 1. The van der Waals surface area contributed by atoms with Crippen LogP contribution in [0.3, 0.4) is 0 Å². The fourth-order valence-corrected chi connectivity index (χ4v) is 2.82. The highest BCUT2D eigenvalue weighted by atomic mass is 19.1. The first kappa shape index (κ1) is 15.3. The lowest BCUT2D eigenvalue weighted by Gasteiger charge is -2.27. The van der Waals surface area contributed by atoms with E-state index in [1.807, 2.05) is 32.0 Å². The smallest absolute Gasteiger partial charge is 0.146 e. The van der Waals surface area contributed by atoms with Crippen molar-refractivity contribution >= 4 is 11.3 Å². The van der Waals surface area contributed by atoms with Crippen LogP contribution in [-0.4, -0.2) is 0 Å². The van der Waals surface area contributed by atoms with E-state index in [9.17, 15) is 4.39 Å². The van der Waals surface area contributed by atoms with Gasteiger partial charge in [0.25, 0.3) is 0 Å². The Morgan fingerprint density at radius 2 is 1.81 bits per heavy atom. The molecule has 0 radical (unpaired) electrons. The van der Waals surface area contributed by atoms with Gasteiger partial charge in [-0.2, -0.15) is 0 Å². The molecule has 110 valence electrons. The molecule has 0 heterocycles. The average molecular weight is 283 g/mol. The van der Waals surface area contributed by atoms with Crippen molar-refractivity contribution in [2.75, 3.05) is 5.73 Å². The first-order valence-electron chi connectivity index (χ1n) is 7.46. The predicted molar refractivity (Wildman–Crippen MR) is 88.7 cm³/mol. The summed E-state index contributed by atoms with van der Waals surface area (Å²) in [4.78, 5) is 0. The number of hydrogen-bond donors (Lipinski definition) is 1. The zero-order chi connectivity index (χ0) is 15.4. The van der Waals surface area contributed by atoms with Crippen LogP contribution in [0.15, 0.2) is 49.0 Å². The van der Waals surface area contributed by atoms with E-state index in [-0.39, 0.29) is 17.4 Å². The van der Waals surface area contributed by atoms with E-state index < -0.39 is 0 Å². The zero-order valence-electron chi connectivity index (χ0n) is 12.7. The van der Waals surface area contributed by atoms with Crippen LogP contribution in [0.4, 0.5) is 10.1 Å². The third kappa shape index (κ3) is 3.15. The van der Waals surface area contributed by atoms with Crippen molar-refractivity contribution in [2.45, 2.75) is 32.6 Å². The minimum absolute atomic E-state index is 0.207. The van der Waals surface area contributed by atoms with Crippen molar-refractivity contribution in [3.8, 4) is 0 Å². The highest BCUT2D eigenvalue weighted by molar-refractivity contribution is 5.69. The summed E-state index contributed by atoms with van der Waals surface area (Å²) >= 11 is 0. The molecule has 0 saturated carbocycles. The summed E-state index contributed by atoms with van der Waals surface area (Å²) in [5.41, 5.74) is 10.4. The zero-order valence-corrected chi connectivity index (χ0v) is 12.7. The molecule has 1 aliphatic carbocycles. The number of halogens is 1. The minimum atomic E-state index is -0.332. The molecule has 1 nitrogen and oxygen atoms in total.